The van der Waals surface area contributed by atoms with Gasteiger partial charge in [-0.3, -0.25) is 0 Å². The monoisotopic (exact) mass is 264 g/mol. The topological polar surface area (TPSA) is 29.3 Å². The van der Waals surface area contributed by atoms with E-state index in [1.807, 2.05) is 31.0 Å². The summed E-state index contributed by atoms with van der Waals surface area (Å²) in [5, 5.41) is 0.499. The van der Waals surface area contributed by atoms with Crippen LogP contribution in [0, 0.1) is 12.7 Å². The lowest BCUT2D eigenvalue weighted by Gasteiger charge is -2.22. The van der Waals surface area contributed by atoms with Gasteiger partial charge >= 0.3 is 0 Å². The molecule has 18 heavy (non-hydrogen) atoms. The maximum absolute atomic E-state index is 13.2. The number of rotatable bonds is 2. The van der Waals surface area contributed by atoms with Crippen LogP contribution in [0.4, 0.5) is 21.5 Å². The summed E-state index contributed by atoms with van der Waals surface area (Å²) in [5.74, 6) is -0.265. The van der Waals surface area contributed by atoms with Crippen LogP contribution in [0.25, 0.3) is 0 Å². The number of nitrogens with two attached hydrogens (primary N) is 1. The van der Waals surface area contributed by atoms with Crippen molar-refractivity contribution < 1.29 is 4.39 Å². The molecule has 0 heterocycles. The molecule has 2 N–H and O–H groups in total. The highest BCUT2D eigenvalue weighted by molar-refractivity contribution is 6.33. The minimum absolute atomic E-state index is 0.265. The molecule has 2 nitrogen and oxygen atoms in total. The zero-order valence-electron chi connectivity index (χ0n) is 10.2. The minimum atomic E-state index is -0.265. The van der Waals surface area contributed by atoms with Crippen LogP contribution in [0.2, 0.25) is 5.02 Å². The molecule has 0 saturated heterocycles. The molecule has 0 aliphatic rings. The molecule has 2 aromatic rings. The summed E-state index contributed by atoms with van der Waals surface area (Å²) in [4.78, 5) is 1.88. The molecule has 0 aliphatic heterocycles. The van der Waals surface area contributed by atoms with Crippen LogP contribution >= 0.6 is 11.6 Å². The molecule has 0 atom stereocenters. The Morgan fingerprint density at radius 2 is 1.94 bits per heavy atom. The van der Waals surface area contributed by atoms with E-state index in [0.717, 1.165) is 16.9 Å². The van der Waals surface area contributed by atoms with E-state index in [9.17, 15) is 4.39 Å². The van der Waals surface area contributed by atoms with Gasteiger partial charge in [-0.15, -0.1) is 0 Å². The number of nitrogen functional groups attached to an aromatic ring is 1. The average molecular weight is 265 g/mol. The van der Waals surface area contributed by atoms with E-state index < -0.39 is 0 Å². The molecule has 0 aliphatic carbocycles. The quantitative estimate of drug-likeness (QED) is 0.826. The fourth-order valence-corrected chi connectivity index (χ4v) is 2.04. The van der Waals surface area contributed by atoms with Gasteiger partial charge in [0.25, 0.3) is 0 Å². The van der Waals surface area contributed by atoms with E-state index in [4.69, 9.17) is 17.3 Å². The van der Waals surface area contributed by atoms with Crippen molar-refractivity contribution in [3.63, 3.8) is 0 Å². The lowest BCUT2D eigenvalue weighted by molar-refractivity contribution is 0.628. The van der Waals surface area contributed by atoms with Crippen LogP contribution in [-0.4, -0.2) is 7.05 Å². The average Bonchev–Trinajstić information content (AvgIpc) is 2.33. The summed E-state index contributed by atoms with van der Waals surface area (Å²) >= 11 is 6.02. The van der Waals surface area contributed by atoms with Crippen LogP contribution in [0.15, 0.2) is 36.4 Å². The third kappa shape index (κ3) is 2.41. The van der Waals surface area contributed by atoms with Crippen molar-refractivity contribution in [3.05, 3.63) is 52.8 Å². The summed E-state index contributed by atoms with van der Waals surface area (Å²) in [7, 11) is 1.86. The van der Waals surface area contributed by atoms with Gasteiger partial charge < -0.3 is 10.6 Å². The first-order chi connectivity index (χ1) is 8.49. The van der Waals surface area contributed by atoms with Gasteiger partial charge in [-0.2, -0.15) is 0 Å². The van der Waals surface area contributed by atoms with Gasteiger partial charge in [-0.25, -0.2) is 4.39 Å². The Balaban J connectivity index is 2.46. The lowest BCUT2D eigenvalue weighted by atomic mass is 10.1. The number of anilines is 3. The molecule has 2 aromatic carbocycles. The standard InChI is InChI=1S/C14H14ClFN2/c1-9-6-13(17)12(15)8-14(9)18(2)11-5-3-4-10(16)7-11/h3-8H,17H2,1-2H3. The van der Waals surface area contributed by atoms with Gasteiger partial charge in [0.15, 0.2) is 0 Å². The molecule has 0 spiro atoms. The normalized spacial score (nSPS) is 10.4. The first-order valence-electron chi connectivity index (χ1n) is 5.54. The largest absolute Gasteiger partial charge is 0.398 e. The fraction of sp³-hybridized carbons (Fsp3) is 0.143. The van der Waals surface area contributed by atoms with E-state index in [0.29, 0.717) is 10.7 Å². The summed E-state index contributed by atoms with van der Waals surface area (Å²) in [5.41, 5.74) is 8.94. The van der Waals surface area contributed by atoms with Gasteiger partial charge in [-0.1, -0.05) is 17.7 Å². The van der Waals surface area contributed by atoms with E-state index in [1.165, 1.54) is 12.1 Å². The Morgan fingerprint density at radius 3 is 2.61 bits per heavy atom. The molecule has 0 radical (unpaired) electrons. The van der Waals surface area contributed by atoms with Crippen LogP contribution in [0.5, 0.6) is 0 Å². The molecular weight excluding hydrogens is 251 g/mol. The summed E-state index contributed by atoms with van der Waals surface area (Å²) < 4.78 is 13.2. The number of nitrogens with zero attached hydrogens (tertiary/aromatic N) is 1. The minimum Gasteiger partial charge on any atom is -0.398 e. The van der Waals surface area contributed by atoms with Gasteiger partial charge in [0.05, 0.1) is 10.7 Å². The van der Waals surface area contributed by atoms with Crippen LogP contribution < -0.4 is 10.6 Å². The maximum Gasteiger partial charge on any atom is 0.125 e. The van der Waals surface area contributed by atoms with E-state index in [1.54, 1.807) is 12.1 Å². The number of benzene rings is 2. The Kier molecular flexibility index (Phi) is 3.43. The zero-order valence-corrected chi connectivity index (χ0v) is 11.0. The second-order valence-electron chi connectivity index (χ2n) is 4.20. The Hall–Kier alpha value is -1.74. The van der Waals surface area contributed by atoms with Crippen molar-refractivity contribution in [1.29, 1.82) is 0 Å². The highest BCUT2D eigenvalue weighted by Gasteiger charge is 2.10. The number of hydrogen-bond donors (Lipinski definition) is 1. The molecule has 2 rings (SSSR count). The summed E-state index contributed by atoms with van der Waals surface area (Å²) in [6.07, 6.45) is 0. The van der Waals surface area contributed by atoms with Crippen molar-refractivity contribution >= 4 is 28.7 Å². The third-order valence-corrected chi connectivity index (χ3v) is 3.20. The number of aryl methyl sites for hydroxylation is 1. The molecule has 0 bridgehead atoms. The highest BCUT2D eigenvalue weighted by atomic mass is 35.5. The SMILES string of the molecule is Cc1cc(N)c(Cl)cc1N(C)c1cccc(F)c1. The highest BCUT2D eigenvalue weighted by Crippen LogP contribution is 2.32. The van der Waals surface area contributed by atoms with E-state index in [2.05, 4.69) is 0 Å². The second kappa shape index (κ2) is 4.86. The molecule has 4 heteroatoms. The van der Waals surface area contributed by atoms with Crippen molar-refractivity contribution in [1.82, 2.24) is 0 Å². The maximum atomic E-state index is 13.2. The Labute approximate surface area is 111 Å². The van der Waals surface area contributed by atoms with Crippen molar-refractivity contribution in [2.24, 2.45) is 0 Å². The fourth-order valence-electron chi connectivity index (χ4n) is 1.88. The molecule has 0 saturated carbocycles. The number of halogens is 2. The van der Waals surface area contributed by atoms with Gasteiger partial charge in [0, 0.05) is 18.4 Å². The first-order valence-corrected chi connectivity index (χ1v) is 5.92. The Bertz CT molecular complexity index is 584. The van der Waals surface area contributed by atoms with E-state index in [-0.39, 0.29) is 5.82 Å². The van der Waals surface area contributed by atoms with Crippen molar-refractivity contribution in [2.75, 3.05) is 17.7 Å². The van der Waals surface area contributed by atoms with Crippen molar-refractivity contribution in [3.8, 4) is 0 Å². The first kappa shape index (κ1) is 12.7. The molecule has 0 aromatic heterocycles. The molecule has 94 valence electrons. The predicted octanol–water partition coefficient (Wildman–Crippen LogP) is 4.14. The molecule has 0 fully saturated rings. The zero-order chi connectivity index (χ0) is 13.3. The summed E-state index contributed by atoms with van der Waals surface area (Å²) in [6, 6.07) is 10.0. The second-order valence-corrected chi connectivity index (χ2v) is 4.61. The van der Waals surface area contributed by atoms with Crippen LogP contribution in [0.3, 0.4) is 0 Å². The Morgan fingerprint density at radius 1 is 1.22 bits per heavy atom. The molecule has 0 unspecified atom stereocenters. The van der Waals surface area contributed by atoms with Crippen molar-refractivity contribution in [2.45, 2.75) is 6.92 Å². The summed E-state index contributed by atoms with van der Waals surface area (Å²) in [6.45, 7) is 1.94. The predicted molar refractivity (Wildman–Crippen MR) is 75.1 cm³/mol. The lowest BCUT2D eigenvalue weighted by Crippen LogP contribution is -2.11. The number of hydrogen-bond acceptors (Lipinski definition) is 2. The van der Waals surface area contributed by atoms with Gasteiger partial charge in [0.1, 0.15) is 5.82 Å². The van der Waals surface area contributed by atoms with E-state index >= 15 is 0 Å². The van der Waals surface area contributed by atoms with Gasteiger partial charge in [-0.05, 0) is 42.8 Å². The van der Waals surface area contributed by atoms with Crippen LogP contribution in [-0.2, 0) is 0 Å². The van der Waals surface area contributed by atoms with Crippen LogP contribution in [0.1, 0.15) is 5.56 Å². The molecular formula is C14H14ClFN2. The third-order valence-electron chi connectivity index (χ3n) is 2.87. The van der Waals surface area contributed by atoms with Gasteiger partial charge in [0.2, 0.25) is 0 Å². The molecule has 0 amide bonds. The smallest absolute Gasteiger partial charge is 0.125 e.